The summed E-state index contributed by atoms with van der Waals surface area (Å²) in [6, 6.07) is 2.17. The van der Waals surface area contributed by atoms with E-state index in [0.29, 0.717) is 0 Å². The molecule has 22 heavy (non-hydrogen) atoms. The molecule has 0 saturated carbocycles. The molecule has 0 radical (unpaired) electrons. The minimum absolute atomic E-state index is 0.773. The number of nitrogens with zero attached hydrogens (tertiary/aromatic N) is 2. The average molecular weight is 323 g/mol. The molecule has 1 aliphatic rings. The van der Waals surface area contributed by atoms with Gasteiger partial charge in [0, 0.05) is 18.5 Å². The van der Waals surface area contributed by atoms with Gasteiger partial charge in [0.1, 0.15) is 0 Å². The maximum atomic E-state index is 4.33. The molecule has 5 heteroatoms. The summed E-state index contributed by atoms with van der Waals surface area (Å²) in [6.07, 6.45) is 3.86. The maximum Gasteiger partial charge on any atom is 0.191 e. The second-order valence-electron chi connectivity index (χ2n) is 6.12. The summed E-state index contributed by atoms with van der Waals surface area (Å²) >= 11 is 1.80. The molecule has 2 N–H and O–H groups in total. The van der Waals surface area contributed by atoms with Crippen LogP contribution in [0.3, 0.4) is 0 Å². The number of guanidine groups is 1. The molecule has 4 nitrogen and oxygen atoms in total. The van der Waals surface area contributed by atoms with Crippen LogP contribution in [0.25, 0.3) is 0 Å². The van der Waals surface area contributed by atoms with Gasteiger partial charge >= 0.3 is 0 Å². The second kappa shape index (κ2) is 9.16. The largest absolute Gasteiger partial charge is 0.356 e. The third kappa shape index (κ3) is 5.29. The quantitative estimate of drug-likeness (QED) is 0.625. The number of likely N-dealkylation sites (tertiary alicyclic amines) is 1. The molecular weight excluding hydrogens is 292 g/mol. The van der Waals surface area contributed by atoms with Gasteiger partial charge < -0.3 is 15.5 Å². The SMILES string of the molecule is CCCN1CCC(CNC(=NC)NCc2sccc2C)CC1. The van der Waals surface area contributed by atoms with Gasteiger partial charge in [-0.3, -0.25) is 4.99 Å². The molecule has 124 valence electrons. The zero-order chi connectivity index (χ0) is 15.8. The van der Waals surface area contributed by atoms with Crippen molar-refractivity contribution in [3.05, 3.63) is 21.9 Å². The van der Waals surface area contributed by atoms with Crippen LogP contribution in [0.2, 0.25) is 0 Å². The van der Waals surface area contributed by atoms with E-state index >= 15 is 0 Å². The van der Waals surface area contributed by atoms with Gasteiger partial charge in [0.25, 0.3) is 0 Å². The average Bonchev–Trinajstić information content (AvgIpc) is 2.94. The Labute approximate surface area is 139 Å². The van der Waals surface area contributed by atoms with Crippen LogP contribution in [0.15, 0.2) is 16.4 Å². The molecule has 0 spiro atoms. The molecule has 0 aliphatic carbocycles. The van der Waals surface area contributed by atoms with Crippen LogP contribution in [0.1, 0.15) is 36.6 Å². The monoisotopic (exact) mass is 322 g/mol. The molecule has 1 aliphatic heterocycles. The molecule has 2 heterocycles. The van der Waals surface area contributed by atoms with Crippen LogP contribution in [0.5, 0.6) is 0 Å². The Bertz CT molecular complexity index is 461. The van der Waals surface area contributed by atoms with E-state index in [1.165, 1.54) is 49.3 Å². The Hall–Kier alpha value is -1.07. The van der Waals surface area contributed by atoms with E-state index in [2.05, 4.69) is 45.8 Å². The summed E-state index contributed by atoms with van der Waals surface area (Å²) in [5.74, 6) is 1.69. The predicted octanol–water partition coefficient (Wildman–Crippen LogP) is 2.84. The third-order valence-electron chi connectivity index (χ3n) is 4.41. The Morgan fingerprint density at radius 2 is 2.14 bits per heavy atom. The van der Waals surface area contributed by atoms with Gasteiger partial charge in [-0.2, -0.15) is 0 Å². The smallest absolute Gasteiger partial charge is 0.191 e. The van der Waals surface area contributed by atoms with E-state index in [-0.39, 0.29) is 0 Å². The van der Waals surface area contributed by atoms with Crippen LogP contribution in [0.4, 0.5) is 0 Å². The molecule has 0 unspecified atom stereocenters. The number of hydrogen-bond acceptors (Lipinski definition) is 3. The van der Waals surface area contributed by atoms with Gasteiger partial charge in [-0.05, 0) is 68.7 Å². The van der Waals surface area contributed by atoms with Crippen molar-refractivity contribution in [1.29, 1.82) is 0 Å². The Balaban J connectivity index is 1.68. The normalized spacial score (nSPS) is 17.7. The number of aliphatic imine (C=N–C) groups is 1. The lowest BCUT2D eigenvalue weighted by Crippen LogP contribution is -2.42. The summed E-state index contributed by atoms with van der Waals surface area (Å²) in [6.45, 7) is 10.1. The van der Waals surface area contributed by atoms with Crippen molar-refractivity contribution in [2.24, 2.45) is 10.9 Å². The highest BCUT2D eigenvalue weighted by atomic mass is 32.1. The second-order valence-corrected chi connectivity index (χ2v) is 7.12. The summed E-state index contributed by atoms with van der Waals surface area (Å²) < 4.78 is 0. The fourth-order valence-electron chi connectivity index (χ4n) is 2.94. The molecule has 1 fully saturated rings. The Kier molecular flexibility index (Phi) is 7.19. The summed E-state index contributed by atoms with van der Waals surface area (Å²) in [4.78, 5) is 8.31. The topological polar surface area (TPSA) is 39.7 Å². The van der Waals surface area contributed by atoms with Gasteiger partial charge in [-0.1, -0.05) is 6.92 Å². The highest BCUT2D eigenvalue weighted by Crippen LogP contribution is 2.17. The first kappa shape index (κ1) is 17.3. The molecule has 1 saturated heterocycles. The number of piperidine rings is 1. The van der Waals surface area contributed by atoms with E-state index in [9.17, 15) is 0 Å². The van der Waals surface area contributed by atoms with Crippen molar-refractivity contribution in [2.45, 2.75) is 39.7 Å². The lowest BCUT2D eigenvalue weighted by atomic mass is 9.97. The van der Waals surface area contributed by atoms with Crippen molar-refractivity contribution >= 4 is 17.3 Å². The summed E-state index contributed by atoms with van der Waals surface area (Å²) in [7, 11) is 1.85. The number of nitrogens with one attached hydrogen (secondary N) is 2. The van der Waals surface area contributed by atoms with Crippen LogP contribution in [-0.4, -0.2) is 44.1 Å². The lowest BCUT2D eigenvalue weighted by molar-refractivity contribution is 0.185. The van der Waals surface area contributed by atoms with E-state index in [1.54, 1.807) is 11.3 Å². The van der Waals surface area contributed by atoms with Gasteiger partial charge in [0.2, 0.25) is 0 Å². The maximum absolute atomic E-state index is 4.33. The van der Waals surface area contributed by atoms with Gasteiger partial charge in [0.05, 0.1) is 6.54 Å². The molecule has 0 bridgehead atoms. The summed E-state index contributed by atoms with van der Waals surface area (Å²) in [5.41, 5.74) is 1.36. The van der Waals surface area contributed by atoms with Crippen LogP contribution in [-0.2, 0) is 6.54 Å². The third-order valence-corrected chi connectivity index (χ3v) is 5.44. The number of thiophene rings is 1. The number of hydrogen-bond donors (Lipinski definition) is 2. The molecule has 1 aromatic rings. The first-order valence-corrected chi connectivity index (χ1v) is 9.30. The molecule has 2 rings (SSSR count). The van der Waals surface area contributed by atoms with Crippen molar-refractivity contribution in [3.63, 3.8) is 0 Å². The van der Waals surface area contributed by atoms with Crippen LogP contribution in [0, 0.1) is 12.8 Å². The van der Waals surface area contributed by atoms with Crippen molar-refractivity contribution < 1.29 is 0 Å². The van der Waals surface area contributed by atoms with Gasteiger partial charge in [0.15, 0.2) is 5.96 Å². The molecule has 0 amide bonds. The minimum Gasteiger partial charge on any atom is -0.356 e. The van der Waals surface area contributed by atoms with Crippen molar-refractivity contribution in [3.8, 4) is 0 Å². The standard InChI is InChI=1S/C17H30N4S/c1-4-8-21-9-5-15(6-10-21)12-19-17(18-3)20-13-16-14(2)7-11-22-16/h7,11,15H,4-6,8-10,12-13H2,1-3H3,(H2,18,19,20). The van der Waals surface area contributed by atoms with Crippen LogP contribution >= 0.6 is 11.3 Å². The Morgan fingerprint density at radius 3 is 2.73 bits per heavy atom. The van der Waals surface area contributed by atoms with E-state index < -0.39 is 0 Å². The van der Waals surface area contributed by atoms with Crippen LogP contribution < -0.4 is 10.6 Å². The van der Waals surface area contributed by atoms with Gasteiger partial charge in [-0.25, -0.2) is 0 Å². The van der Waals surface area contributed by atoms with Crippen molar-refractivity contribution in [1.82, 2.24) is 15.5 Å². The minimum atomic E-state index is 0.773. The highest BCUT2D eigenvalue weighted by molar-refractivity contribution is 7.10. The molecule has 1 aromatic heterocycles. The van der Waals surface area contributed by atoms with E-state index in [4.69, 9.17) is 0 Å². The van der Waals surface area contributed by atoms with Gasteiger partial charge in [-0.15, -0.1) is 11.3 Å². The van der Waals surface area contributed by atoms with Crippen molar-refractivity contribution in [2.75, 3.05) is 33.2 Å². The predicted molar refractivity (Wildman–Crippen MR) is 96.7 cm³/mol. The highest BCUT2D eigenvalue weighted by Gasteiger charge is 2.18. The number of aryl methyl sites for hydroxylation is 1. The lowest BCUT2D eigenvalue weighted by Gasteiger charge is -2.32. The fraction of sp³-hybridized carbons (Fsp3) is 0.706. The molecule has 0 aromatic carbocycles. The van der Waals surface area contributed by atoms with E-state index in [1.807, 2.05) is 7.05 Å². The first-order valence-electron chi connectivity index (χ1n) is 8.42. The zero-order valence-corrected chi connectivity index (χ0v) is 15.0. The molecule has 0 atom stereocenters. The summed E-state index contributed by atoms with van der Waals surface area (Å²) in [5, 5.41) is 9.06. The van der Waals surface area contributed by atoms with E-state index in [0.717, 1.165) is 25.0 Å². The molecular formula is C17H30N4S. The number of rotatable bonds is 6. The Morgan fingerprint density at radius 1 is 1.36 bits per heavy atom. The first-order chi connectivity index (χ1) is 10.7. The zero-order valence-electron chi connectivity index (χ0n) is 14.2. The fourth-order valence-corrected chi connectivity index (χ4v) is 3.79.